The van der Waals surface area contributed by atoms with E-state index < -0.39 is 5.91 Å². The van der Waals surface area contributed by atoms with Crippen molar-refractivity contribution < 1.29 is 14.3 Å². The molecule has 3 amide bonds. The third kappa shape index (κ3) is 5.33. The van der Waals surface area contributed by atoms with Crippen LogP contribution in [0.15, 0.2) is 24.4 Å². The number of amides is 3. The molecule has 2 aromatic rings. The molecule has 3 rings (SSSR count). The SMILES string of the molecule is COc1cc(Nc2nc(N3CCCC(NC(=O)N(C)C)C3)cnc2C(N)=O)ccc1C. The standard InChI is InChI=1S/C21H29N7O3/c1-13-7-8-14(10-16(13)31-4)24-20-18(19(22)29)23-11-17(26-20)28-9-5-6-15(12-28)25-21(30)27(2)3/h7-8,10-11,15H,5-6,9,12H2,1-4H3,(H2,22,29)(H,24,26)(H,25,30). The van der Waals surface area contributed by atoms with Crippen LogP contribution in [0.1, 0.15) is 28.9 Å². The Morgan fingerprint density at radius 2 is 2.10 bits per heavy atom. The summed E-state index contributed by atoms with van der Waals surface area (Å²) >= 11 is 0. The Morgan fingerprint density at radius 3 is 2.77 bits per heavy atom. The van der Waals surface area contributed by atoms with Gasteiger partial charge >= 0.3 is 6.03 Å². The number of nitrogens with one attached hydrogen (secondary N) is 2. The summed E-state index contributed by atoms with van der Waals surface area (Å²) in [7, 11) is 5.02. The van der Waals surface area contributed by atoms with Gasteiger partial charge in [-0.3, -0.25) is 4.79 Å². The molecule has 31 heavy (non-hydrogen) atoms. The fraction of sp³-hybridized carbons (Fsp3) is 0.429. The number of hydrogen-bond donors (Lipinski definition) is 3. The number of aryl methyl sites for hydroxylation is 1. The zero-order valence-electron chi connectivity index (χ0n) is 18.3. The Kier molecular flexibility index (Phi) is 6.78. The van der Waals surface area contributed by atoms with Crippen molar-refractivity contribution in [1.82, 2.24) is 20.2 Å². The van der Waals surface area contributed by atoms with Crippen molar-refractivity contribution in [3.05, 3.63) is 35.7 Å². The van der Waals surface area contributed by atoms with Gasteiger partial charge in [-0.15, -0.1) is 0 Å². The molecule has 0 spiro atoms. The van der Waals surface area contributed by atoms with Gasteiger partial charge in [0.25, 0.3) is 5.91 Å². The molecule has 1 aliphatic rings. The van der Waals surface area contributed by atoms with E-state index in [0.29, 0.717) is 23.8 Å². The Morgan fingerprint density at radius 1 is 1.32 bits per heavy atom. The summed E-state index contributed by atoms with van der Waals surface area (Å²) in [6.45, 7) is 3.32. The second-order valence-corrected chi connectivity index (χ2v) is 7.73. The van der Waals surface area contributed by atoms with Crippen molar-refractivity contribution in [2.75, 3.05) is 44.5 Å². The van der Waals surface area contributed by atoms with Crippen LogP contribution in [0.5, 0.6) is 5.75 Å². The van der Waals surface area contributed by atoms with Gasteiger partial charge in [-0.25, -0.2) is 14.8 Å². The Balaban J connectivity index is 1.84. The first-order chi connectivity index (χ1) is 14.8. The van der Waals surface area contributed by atoms with Crippen molar-refractivity contribution in [1.29, 1.82) is 0 Å². The van der Waals surface area contributed by atoms with Crippen molar-refractivity contribution in [3.63, 3.8) is 0 Å². The molecule has 2 heterocycles. The monoisotopic (exact) mass is 427 g/mol. The third-order valence-electron chi connectivity index (χ3n) is 5.14. The number of urea groups is 1. The number of rotatable bonds is 6. The average molecular weight is 428 g/mol. The number of piperidine rings is 1. The van der Waals surface area contributed by atoms with E-state index in [2.05, 4.69) is 20.6 Å². The molecule has 0 radical (unpaired) electrons. The topological polar surface area (TPSA) is 126 Å². The molecule has 1 aromatic carbocycles. The lowest BCUT2D eigenvalue weighted by molar-refractivity contribution is 0.0996. The minimum absolute atomic E-state index is 0.000893. The zero-order valence-corrected chi connectivity index (χ0v) is 18.3. The maximum Gasteiger partial charge on any atom is 0.317 e. The summed E-state index contributed by atoms with van der Waals surface area (Å²) in [5, 5.41) is 6.15. The highest BCUT2D eigenvalue weighted by atomic mass is 16.5. The van der Waals surface area contributed by atoms with Crippen molar-refractivity contribution in [2.45, 2.75) is 25.8 Å². The van der Waals surface area contributed by atoms with Crippen LogP contribution < -0.4 is 26.0 Å². The summed E-state index contributed by atoms with van der Waals surface area (Å²) in [5.74, 6) is 0.923. The predicted molar refractivity (Wildman–Crippen MR) is 119 cm³/mol. The normalized spacial score (nSPS) is 15.9. The molecule has 1 aromatic heterocycles. The molecule has 0 aliphatic carbocycles. The van der Waals surface area contributed by atoms with Crippen molar-refractivity contribution >= 4 is 29.3 Å². The number of aromatic nitrogens is 2. The minimum Gasteiger partial charge on any atom is -0.496 e. The number of nitrogens with two attached hydrogens (primary N) is 1. The molecule has 1 atom stereocenters. The number of nitrogens with zero attached hydrogens (tertiary/aromatic N) is 4. The second-order valence-electron chi connectivity index (χ2n) is 7.73. The maximum atomic E-state index is 12.0. The van der Waals surface area contributed by atoms with Crippen molar-refractivity contribution in [3.8, 4) is 5.75 Å². The molecular weight excluding hydrogens is 398 g/mol. The van der Waals surface area contributed by atoms with Gasteiger partial charge < -0.3 is 30.9 Å². The highest BCUT2D eigenvalue weighted by molar-refractivity contribution is 5.96. The quantitative estimate of drug-likeness (QED) is 0.642. The van der Waals surface area contributed by atoms with E-state index in [1.807, 2.05) is 30.0 Å². The molecule has 166 valence electrons. The van der Waals surface area contributed by atoms with Gasteiger partial charge in [0.15, 0.2) is 11.5 Å². The molecule has 1 unspecified atom stereocenters. The van der Waals surface area contributed by atoms with E-state index in [1.54, 1.807) is 21.2 Å². The van der Waals surface area contributed by atoms with E-state index in [0.717, 1.165) is 24.9 Å². The number of primary amides is 1. The highest BCUT2D eigenvalue weighted by Gasteiger charge is 2.24. The number of anilines is 3. The first-order valence-electron chi connectivity index (χ1n) is 10.1. The molecule has 10 nitrogen and oxygen atoms in total. The smallest absolute Gasteiger partial charge is 0.317 e. The molecule has 1 saturated heterocycles. The van der Waals surface area contributed by atoms with Crippen LogP contribution in [0, 0.1) is 6.92 Å². The molecule has 0 saturated carbocycles. The summed E-state index contributed by atoms with van der Waals surface area (Å²) in [6, 6.07) is 5.47. The summed E-state index contributed by atoms with van der Waals surface area (Å²) in [6.07, 6.45) is 3.32. The van der Waals surface area contributed by atoms with Crippen LogP contribution in [-0.2, 0) is 0 Å². The lowest BCUT2D eigenvalue weighted by Crippen LogP contribution is -2.50. The highest BCUT2D eigenvalue weighted by Crippen LogP contribution is 2.27. The zero-order chi connectivity index (χ0) is 22.5. The Hall–Kier alpha value is -3.56. The largest absolute Gasteiger partial charge is 0.496 e. The fourth-order valence-electron chi connectivity index (χ4n) is 3.44. The molecule has 1 aliphatic heterocycles. The van der Waals surface area contributed by atoms with Gasteiger partial charge in [-0.1, -0.05) is 6.07 Å². The first kappa shape index (κ1) is 22.1. The summed E-state index contributed by atoms with van der Waals surface area (Å²) in [5.41, 5.74) is 7.25. The van der Waals surface area contributed by atoms with Gasteiger partial charge in [-0.05, 0) is 31.4 Å². The Labute approximate surface area is 181 Å². The molecule has 1 fully saturated rings. The van der Waals surface area contributed by atoms with Crippen LogP contribution in [0.3, 0.4) is 0 Å². The number of carbonyl (C=O) groups is 2. The van der Waals surface area contributed by atoms with Gasteiger partial charge in [-0.2, -0.15) is 0 Å². The number of ether oxygens (including phenoxy) is 1. The van der Waals surface area contributed by atoms with E-state index in [-0.39, 0.29) is 23.6 Å². The molecule has 10 heteroatoms. The third-order valence-corrected chi connectivity index (χ3v) is 5.14. The predicted octanol–water partition coefficient (Wildman–Crippen LogP) is 1.88. The van der Waals surface area contributed by atoms with E-state index in [4.69, 9.17) is 10.5 Å². The number of hydrogen-bond acceptors (Lipinski definition) is 7. The average Bonchev–Trinajstić information content (AvgIpc) is 2.75. The number of methoxy groups -OCH3 is 1. The van der Waals surface area contributed by atoms with Crippen molar-refractivity contribution in [2.24, 2.45) is 5.73 Å². The summed E-state index contributed by atoms with van der Waals surface area (Å²) in [4.78, 5) is 36.3. The van der Waals surface area contributed by atoms with Gasteiger partial charge in [0.1, 0.15) is 11.6 Å². The number of carbonyl (C=O) groups excluding carboxylic acids is 2. The van der Waals surface area contributed by atoms with Crippen LogP contribution in [0.4, 0.5) is 22.1 Å². The van der Waals surface area contributed by atoms with E-state index in [9.17, 15) is 9.59 Å². The van der Waals surface area contributed by atoms with Crippen LogP contribution >= 0.6 is 0 Å². The summed E-state index contributed by atoms with van der Waals surface area (Å²) < 4.78 is 5.37. The molecule has 4 N–H and O–H groups in total. The second kappa shape index (κ2) is 9.50. The van der Waals surface area contributed by atoms with Crippen LogP contribution in [0.2, 0.25) is 0 Å². The molecule has 0 bridgehead atoms. The van der Waals surface area contributed by atoms with Gasteiger partial charge in [0, 0.05) is 45.0 Å². The fourth-order valence-corrected chi connectivity index (χ4v) is 3.44. The molecular formula is C21H29N7O3. The van der Waals surface area contributed by atoms with Gasteiger partial charge in [0.2, 0.25) is 0 Å². The maximum absolute atomic E-state index is 12.0. The lowest BCUT2D eigenvalue weighted by Gasteiger charge is -2.34. The first-order valence-corrected chi connectivity index (χ1v) is 10.1. The van der Waals surface area contributed by atoms with E-state index >= 15 is 0 Å². The Bertz CT molecular complexity index is 964. The van der Waals surface area contributed by atoms with Gasteiger partial charge in [0.05, 0.1) is 13.3 Å². The van der Waals surface area contributed by atoms with Crippen LogP contribution in [-0.4, -0.2) is 67.1 Å². The lowest BCUT2D eigenvalue weighted by atomic mass is 10.1. The van der Waals surface area contributed by atoms with E-state index in [1.165, 1.54) is 11.1 Å². The van der Waals surface area contributed by atoms with Crippen LogP contribution in [0.25, 0.3) is 0 Å². The number of benzene rings is 1. The minimum atomic E-state index is -0.671.